The van der Waals surface area contributed by atoms with Crippen LogP contribution >= 0.6 is 11.6 Å². The average Bonchev–Trinajstić information content (AvgIpc) is 2.89. The standard InChI is InChI=1S/C13H22ClN5/c1-2-8-15-12-17-11(14)18-13(19-12)16-9-7-10-5-3-4-6-10/h10H,2-9H2,1H3,(H2,15,16,17,18,19). The monoisotopic (exact) mass is 283 g/mol. The maximum Gasteiger partial charge on any atom is 0.228 e. The van der Waals surface area contributed by atoms with Gasteiger partial charge in [0.2, 0.25) is 17.2 Å². The Balaban J connectivity index is 1.82. The molecule has 1 aromatic rings. The molecule has 106 valence electrons. The molecule has 1 fully saturated rings. The van der Waals surface area contributed by atoms with E-state index in [1.165, 1.54) is 32.1 Å². The van der Waals surface area contributed by atoms with E-state index in [-0.39, 0.29) is 5.28 Å². The number of nitrogens with zero attached hydrogens (tertiary/aromatic N) is 3. The Hall–Kier alpha value is -1.10. The zero-order valence-electron chi connectivity index (χ0n) is 11.5. The molecule has 1 aromatic heterocycles. The largest absolute Gasteiger partial charge is 0.354 e. The predicted octanol–water partition coefficient (Wildman–Crippen LogP) is 3.34. The van der Waals surface area contributed by atoms with Crippen molar-refractivity contribution in [2.75, 3.05) is 23.7 Å². The van der Waals surface area contributed by atoms with Gasteiger partial charge in [-0.25, -0.2) is 0 Å². The summed E-state index contributed by atoms with van der Waals surface area (Å²) in [6.07, 6.45) is 7.70. The van der Waals surface area contributed by atoms with E-state index in [2.05, 4.69) is 32.5 Å². The van der Waals surface area contributed by atoms with Gasteiger partial charge in [0.05, 0.1) is 0 Å². The van der Waals surface area contributed by atoms with Crippen molar-refractivity contribution in [2.24, 2.45) is 5.92 Å². The molecular weight excluding hydrogens is 262 g/mol. The second-order valence-electron chi connectivity index (χ2n) is 5.04. The number of halogens is 1. The molecule has 0 atom stereocenters. The molecule has 2 rings (SSSR count). The van der Waals surface area contributed by atoms with Crippen LogP contribution in [0.2, 0.25) is 5.28 Å². The molecule has 5 nitrogen and oxygen atoms in total. The molecule has 2 N–H and O–H groups in total. The van der Waals surface area contributed by atoms with E-state index in [1.54, 1.807) is 0 Å². The second kappa shape index (κ2) is 7.48. The van der Waals surface area contributed by atoms with Gasteiger partial charge in [0.15, 0.2) is 0 Å². The highest BCUT2D eigenvalue weighted by atomic mass is 35.5. The number of aromatic nitrogens is 3. The number of nitrogens with one attached hydrogen (secondary N) is 2. The Bertz CT molecular complexity index is 393. The van der Waals surface area contributed by atoms with Crippen LogP contribution < -0.4 is 10.6 Å². The third-order valence-corrected chi connectivity index (χ3v) is 3.62. The topological polar surface area (TPSA) is 62.7 Å². The molecule has 0 aromatic carbocycles. The Morgan fingerprint density at radius 1 is 1.05 bits per heavy atom. The summed E-state index contributed by atoms with van der Waals surface area (Å²) in [6, 6.07) is 0. The quantitative estimate of drug-likeness (QED) is 0.803. The Kier molecular flexibility index (Phi) is 5.63. The highest BCUT2D eigenvalue weighted by Crippen LogP contribution is 2.27. The van der Waals surface area contributed by atoms with Crippen LogP contribution in [0.5, 0.6) is 0 Å². The summed E-state index contributed by atoms with van der Waals surface area (Å²) in [4.78, 5) is 12.5. The number of rotatable bonds is 7. The molecule has 0 spiro atoms. The molecule has 0 unspecified atom stereocenters. The fourth-order valence-electron chi connectivity index (χ4n) is 2.43. The highest BCUT2D eigenvalue weighted by molar-refractivity contribution is 6.28. The van der Waals surface area contributed by atoms with Crippen molar-refractivity contribution in [1.29, 1.82) is 0 Å². The Labute approximate surface area is 119 Å². The van der Waals surface area contributed by atoms with Crippen LogP contribution in [0.3, 0.4) is 0 Å². The summed E-state index contributed by atoms with van der Waals surface area (Å²) in [5.41, 5.74) is 0. The van der Waals surface area contributed by atoms with Crippen molar-refractivity contribution >= 4 is 23.5 Å². The van der Waals surface area contributed by atoms with Gasteiger partial charge >= 0.3 is 0 Å². The number of hydrogen-bond donors (Lipinski definition) is 2. The van der Waals surface area contributed by atoms with E-state index in [0.717, 1.165) is 25.4 Å². The van der Waals surface area contributed by atoms with Crippen LogP contribution in [0.25, 0.3) is 0 Å². The zero-order valence-corrected chi connectivity index (χ0v) is 12.2. The van der Waals surface area contributed by atoms with Crippen molar-refractivity contribution in [2.45, 2.75) is 45.4 Å². The van der Waals surface area contributed by atoms with E-state index in [1.807, 2.05) is 0 Å². The fraction of sp³-hybridized carbons (Fsp3) is 0.769. The first kappa shape index (κ1) is 14.3. The smallest absolute Gasteiger partial charge is 0.228 e. The van der Waals surface area contributed by atoms with E-state index in [4.69, 9.17) is 11.6 Å². The van der Waals surface area contributed by atoms with Crippen LogP contribution in [0, 0.1) is 5.92 Å². The van der Waals surface area contributed by atoms with Crippen LogP contribution in [0.4, 0.5) is 11.9 Å². The summed E-state index contributed by atoms with van der Waals surface area (Å²) >= 11 is 5.89. The molecule has 0 aliphatic heterocycles. The lowest BCUT2D eigenvalue weighted by Crippen LogP contribution is -2.12. The van der Waals surface area contributed by atoms with E-state index >= 15 is 0 Å². The van der Waals surface area contributed by atoms with Crippen molar-refractivity contribution in [3.63, 3.8) is 0 Å². The second-order valence-corrected chi connectivity index (χ2v) is 5.38. The van der Waals surface area contributed by atoms with Crippen molar-refractivity contribution in [3.8, 4) is 0 Å². The molecule has 1 aliphatic rings. The van der Waals surface area contributed by atoms with Crippen molar-refractivity contribution in [1.82, 2.24) is 15.0 Å². The molecular formula is C13H22ClN5. The molecule has 6 heteroatoms. The maximum absolute atomic E-state index is 5.89. The van der Waals surface area contributed by atoms with E-state index < -0.39 is 0 Å². The van der Waals surface area contributed by atoms with Crippen molar-refractivity contribution < 1.29 is 0 Å². The molecule has 1 aliphatic carbocycles. The molecule has 0 radical (unpaired) electrons. The van der Waals surface area contributed by atoms with Gasteiger partial charge in [0.1, 0.15) is 0 Å². The average molecular weight is 284 g/mol. The fourth-order valence-corrected chi connectivity index (χ4v) is 2.59. The molecule has 0 amide bonds. The summed E-state index contributed by atoms with van der Waals surface area (Å²) in [5.74, 6) is 1.98. The molecule has 1 heterocycles. The minimum absolute atomic E-state index is 0.233. The van der Waals surface area contributed by atoms with E-state index in [0.29, 0.717) is 11.9 Å². The van der Waals surface area contributed by atoms with Gasteiger partial charge in [0.25, 0.3) is 0 Å². The van der Waals surface area contributed by atoms with Crippen LogP contribution in [0.1, 0.15) is 45.4 Å². The SMILES string of the molecule is CCCNc1nc(Cl)nc(NCCC2CCCC2)n1. The van der Waals surface area contributed by atoms with E-state index in [9.17, 15) is 0 Å². The minimum atomic E-state index is 0.233. The highest BCUT2D eigenvalue weighted by Gasteiger charge is 2.14. The molecule has 0 bridgehead atoms. The summed E-state index contributed by atoms with van der Waals surface area (Å²) < 4.78 is 0. The number of hydrogen-bond acceptors (Lipinski definition) is 5. The van der Waals surface area contributed by atoms with Gasteiger partial charge in [-0.15, -0.1) is 0 Å². The lowest BCUT2D eigenvalue weighted by Gasteiger charge is -2.10. The normalized spacial score (nSPS) is 15.7. The van der Waals surface area contributed by atoms with Gasteiger partial charge in [-0.1, -0.05) is 32.6 Å². The number of anilines is 2. The minimum Gasteiger partial charge on any atom is -0.354 e. The van der Waals surface area contributed by atoms with Crippen LogP contribution in [-0.4, -0.2) is 28.0 Å². The van der Waals surface area contributed by atoms with Gasteiger partial charge in [0, 0.05) is 13.1 Å². The summed E-state index contributed by atoms with van der Waals surface area (Å²) in [5, 5.41) is 6.60. The lowest BCUT2D eigenvalue weighted by molar-refractivity contribution is 0.518. The first-order valence-electron chi connectivity index (χ1n) is 7.17. The van der Waals surface area contributed by atoms with Gasteiger partial charge in [-0.05, 0) is 30.4 Å². The molecule has 19 heavy (non-hydrogen) atoms. The van der Waals surface area contributed by atoms with Gasteiger partial charge in [-0.2, -0.15) is 15.0 Å². The predicted molar refractivity (Wildman–Crippen MR) is 78.7 cm³/mol. The van der Waals surface area contributed by atoms with Crippen molar-refractivity contribution in [3.05, 3.63) is 5.28 Å². The van der Waals surface area contributed by atoms with Gasteiger partial charge < -0.3 is 10.6 Å². The summed E-state index contributed by atoms with van der Waals surface area (Å²) in [6.45, 7) is 3.83. The molecule has 0 saturated heterocycles. The lowest BCUT2D eigenvalue weighted by atomic mass is 10.0. The third-order valence-electron chi connectivity index (χ3n) is 3.45. The third kappa shape index (κ3) is 4.82. The molecule has 1 saturated carbocycles. The Morgan fingerprint density at radius 3 is 2.32 bits per heavy atom. The van der Waals surface area contributed by atoms with Crippen LogP contribution in [0.15, 0.2) is 0 Å². The maximum atomic E-state index is 5.89. The van der Waals surface area contributed by atoms with Crippen LogP contribution in [-0.2, 0) is 0 Å². The first-order valence-corrected chi connectivity index (χ1v) is 7.55. The summed E-state index contributed by atoms with van der Waals surface area (Å²) in [7, 11) is 0. The zero-order chi connectivity index (χ0) is 13.5. The Morgan fingerprint density at radius 2 is 1.68 bits per heavy atom. The van der Waals surface area contributed by atoms with Gasteiger partial charge in [-0.3, -0.25) is 0 Å². The first-order chi connectivity index (χ1) is 9.28.